The van der Waals surface area contributed by atoms with Crippen LogP contribution in [0.3, 0.4) is 0 Å². The van der Waals surface area contributed by atoms with Crippen LogP contribution >= 0.6 is 0 Å². The van der Waals surface area contributed by atoms with Crippen molar-refractivity contribution in [3.8, 4) is 0 Å². The third-order valence-corrected chi connectivity index (χ3v) is 7.72. The number of benzene rings is 3. The lowest BCUT2D eigenvalue weighted by molar-refractivity contribution is 0.0526. The van der Waals surface area contributed by atoms with Gasteiger partial charge in [-0.15, -0.1) is 0 Å². The first-order chi connectivity index (χ1) is 16.7. The monoisotopic (exact) mass is 508 g/mol. The van der Waals surface area contributed by atoms with Crippen molar-refractivity contribution in [2.24, 2.45) is 0 Å². The summed E-state index contributed by atoms with van der Waals surface area (Å²) in [5.74, 6) is -2.65. The molecule has 10 heteroatoms. The highest BCUT2D eigenvalue weighted by atomic mass is 32.2. The molecule has 5 nitrogen and oxygen atoms in total. The fourth-order valence-electron chi connectivity index (χ4n) is 3.98. The molecule has 0 aromatic heterocycles. The van der Waals surface area contributed by atoms with Gasteiger partial charge in [0.25, 0.3) is 0 Å². The van der Waals surface area contributed by atoms with Gasteiger partial charge in [0, 0.05) is 38.8 Å². The van der Waals surface area contributed by atoms with Gasteiger partial charge < -0.3 is 4.74 Å². The molecule has 0 radical (unpaired) electrons. The molecule has 4 rings (SSSR count). The fraction of sp³-hybridized carbons (Fsp3) is 0.280. The van der Waals surface area contributed by atoms with E-state index in [9.17, 15) is 26.0 Å². The zero-order chi connectivity index (χ0) is 25.0. The Labute approximate surface area is 201 Å². The van der Waals surface area contributed by atoms with Gasteiger partial charge in [-0.1, -0.05) is 24.3 Å². The summed E-state index contributed by atoms with van der Waals surface area (Å²) in [5.41, 5.74) is 1.44. The number of nitrogens with zero attached hydrogens (tertiary/aromatic N) is 2. The number of ether oxygens (including phenoxy) is 1. The first kappa shape index (κ1) is 25.3. The highest BCUT2D eigenvalue weighted by Crippen LogP contribution is 2.27. The second kappa shape index (κ2) is 10.9. The molecule has 0 aliphatic carbocycles. The maximum absolute atomic E-state index is 13.5. The lowest BCUT2D eigenvalue weighted by atomic mass is 10.0. The molecule has 0 spiro atoms. The van der Waals surface area contributed by atoms with Crippen LogP contribution in [-0.2, 0) is 14.8 Å². The first-order valence-electron chi connectivity index (χ1n) is 11.0. The van der Waals surface area contributed by atoms with Gasteiger partial charge in [0.05, 0.1) is 11.5 Å². The summed E-state index contributed by atoms with van der Waals surface area (Å²) in [6.07, 6.45) is -0.527. The van der Waals surface area contributed by atoms with Gasteiger partial charge in [-0.2, -0.15) is 4.31 Å². The van der Waals surface area contributed by atoms with E-state index in [1.807, 2.05) is 4.90 Å². The molecule has 0 bridgehead atoms. The van der Waals surface area contributed by atoms with Crippen molar-refractivity contribution in [1.82, 2.24) is 9.21 Å². The molecule has 0 atom stereocenters. The van der Waals surface area contributed by atoms with E-state index in [1.54, 1.807) is 24.3 Å². The lowest BCUT2D eigenvalue weighted by Gasteiger charge is -2.34. The summed E-state index contributed by atoms with van der Waals surface area (Å²) < 4.78 is 86.6. The van der Waals surface area contributed by atoms with Crippen LogP contribution in [0.1, 0.15) is 17.2 Å². The van der Waals surface area contributed by atoms with Gasteiger partial charge in [-0.05, 0) is 47.5 Å². The average Bonchev–Trinajstić information content (AvgIpc) is 2.83. The van der Waals surface area contributed by atoms with Crippen LogP contribution in [0.5, 0.6) is 0 Å². The Bertz CT molecular complexity index is 1180. The summed E-state index contributed by atoms with van der Waals surface area (Å²) in [5, 5.41) is 0. The van der Waals surface area contributed by atoms with Crippen LogP contribution in [0.2, 0.25) is 0 Å². The van der Waals surface area contributed by atoms with E-state index in [0.717, 1.165) is 23.3 Å². The molecule has 1 aliphatic rings. The smallest absolute Gasteiger partial charge is 0.243 e. The van der Waals surface area contributed by atoms with Crippen molar-refractivity contribution in [2.75, 3.05) is 39.3 Å². The van der Waals surface area contributed by atoms with Crippen molar-refractivity contribution in [3.05, 3.63) is 101 Å². The van der Waals surface area contributed by atoms with Gasteiger partial charge in [0.15, 0.2) is 0 Å². The average molecular weight is 509 g/mol. The van der Waals surface area contributed by atoms with Crippen LogP contribution in [-0.4, -0.2) is 57.0 Å². The number of piperazine rings is 1. The van der Waals surface area contributed by atoms with Crippen LogP contribution in [0.15, 0.2) is 71.6 Å². The maximum Gasteiger partial charge on any atom is 0.243 e. The SMILES string of the molecule is O=S(=O)(c1cc(F)cc(F)c1)N1CCN(CCOC(c2ccc(F)cc2)c2ccc(F)cc2)CC1. The maximum atomic E-state index is 13.5. The Hall–Kier alpha value is -2.79. The van der Waals surface area contributed by atoms with Crippen LogP contribution in [0.4, 0.5) is 17.6 Å². The van der Waals surface area contributed by atoms with Crippen molar-refractivity contribution >= 4 is 10.0 Å². The molecule has 186 valence electrons. The van der Waals surface area contributed by atoms with E-state index in [0.29, 0.717) is 32.3 Å². The van der Waals surface area contributed by atoms with Crippen LogP contribution in [0.25, 0.3) is 0 Å². The highest BCUT2D eigenvalue weighted by Gasteiger charge is 2.29. The predicted molar refractivity (Wildman–Crippen MR) is 122 cm³/mol. The van der Waals surface area contributed by atoms with Crippen molar-refractivity contribution < 1.29 is 30.7 Å². The second-order valence-electron chi connectivity index (χ2n) is 8.20. The standard InChI is InChI=1S/C25H24F4N2O3S/c26-20-5-1-18(2-6-20)25(19-3-7-21(27)8-4-19)34-14-13-30-9-11-31(12-10-30)35(32,33)24-16-22(28)15-23(29)17-24/h1-8,15-17,25H,9-14H2. The molecule has 1 saturated heterocycles. The van der Waals surface area contributed by atoms with E-state index in [4.69, 9.17) is 4.74 Å². The molecule has 1 aliphatic heterocycles. The zero-order valence-electron chi connectivity index (χ0n) is 18.7. The minimum Gasteiger partial charge on any atom is -0.367 e. The lowest BCUT2D eigenvalue weighted by Crippen LogP contribution is -2.49. The van der Waals surface area contributed by atoms with Crippen molar-refractivity contribution in [3.63, 3.8) is 0 Å². The third-order valence-electron chi connectivity index (χ3n) is 5.84. The molecular weight excluding hydrogens is 484 g/mol. The number of hydrogen-bond acceptors (Lipinski definition) is 4. The van der Waals surface area contributed by atoms with Crippen molar-refractivity contribution in [2.45, 2.75) is 11.0 Å². The van der Waals surface area contributed by atoms with Gasteiger partial charge in [0.1, 0.15) is 29.4 Å². The molecule has 0 amide bonds. The molecule has 0 N–H and O–H groups in total. The predicted octanol–water partition coefficient (Wildman–Crippen LogP) is 4.36. The molecular formula is C25H24F4N2O3S. The number of rotatable bonds is 8. The van der Waals surface area contributed by atoms with Gasteiger partial charge in [-0.25, -0.2) is 26.0 Å². The summed E-state index contributed by atoms with van der Waals surface area (Å²) in [7, 11) is -4.01. The normalized spacial score (nSPS) is 15.6. The zero-order valence-corrected chi connectivity index (χ0v) is 19.5. The fourth-order valence-corrected chi connectivity index (χ4v) is 5.44. The molecule has 3 aromatic rings. The summed E-state index contributed by atoms with van der Waals surface area (Å²) in [4.78, 5) is 1.61. The second-order valence-corrected chi connectivity index (χ2v) is 10.1. The summed E-state index contributed by atoms with van der Waals surface area (Å²) in [6, 6.07) is 14.0. The topological polar surface area (TPSA) is 49.9 Å². The largest absolute Gasteiger partial charge is 0.367 e. The number of hydrogen-bond donors (Lipinski definition) is 0. The Morgan fingerprint density at radius 3 is 1.69 bits per heavy atom. The Morgan fingerprint density at radius 1 is 0.714 bits per heavy atom. The van der Waals surface area contributed by atoms with E-state index in [-0.39, 0.29) is 24.7 Å². The minimum atomic E-state index is -4.01. The van der Waals surface area contributed by atoms with Crippen molar-refractivity contribution in [1.29, 1.82) is 0 Å². The van der Waals surface area contributed by atoms with E-state index in [2.05, 4.69) is 0 Å². The first-order valence-corrected chi connectivity index (χ1v) is 12.5. The Morgan fingerprint density at radius 2 is 1.20 bits per heavy atom. The van der Waals surface area contributed by atoms with E-state index < -0.39 is 32.7 Å². The Kier molecular flexibility index (Phi) is 7.85. The quantitative estimate of drug-likeness (QED) is 0.425. The minimum absolute atomic E-state index is 0.166. The van der Waals surface area contributed by atoms with E-state index >= 15 is 0 Å². The molecule has 3 aromatic carbocycles. The molecule has 1 heterocycles. The van der Waals surface area contributed by atoms with Gasteiger partial charge in [0.2, 0.25) is 10.0 Å². The van der Waals surface area contributed by atoms with E-state index in [1.165, 1.54) is 28.6 Å². The molecule has 1 fully saturated rings. The number of halogens is 4. The Balaban J connectivity index is 1.35. The third kappa shape index (κ3) is 6.26. The van der Waals surface area contributed by atoms with Crippen LogP contribution < -0.4 is 0 Å². The summed E-state index contributed by atoms with van der Waals surface area (Å²) in [6.45, 7) is 1.96. The number of sulfonamides is 1. The van der Waals surface area contributed by atoms with Gasteiger partial charge in [-0.3, -0.25) is 4.90 Å². The molecule has 0 saturated carbocycles. The molecule has 35 heavy (non-hydrogen) atoms. The van der Waals surface area contributed by atoms with Gasteiger partial charge >= 0.3 is 0 Å². The summed E-state index contributed by atoms with van der Waals surface area (Å²) >= 11 is 0. The van der Waals surface area contributed by atoms with Crippen LogP contribution in [0, 0.1) is 23.3 Å². The molecule has 0 unspecified atom stereocenters. The highest BCUT2D eigenvalue weighted by molar-refractivity contribution is 7.89.